The van der Waals surface area contributed by atoms with Gasteiger partial charge < -0.3 is 14.8 Å². The number of carbonyl (C=O) groups excluding carboxylic acids is 2. The van der Waals surface area contributed by atoms with Gasteiger partial charge in [-0.1, -0.05) is 0 Å². The summed E-state index contributed by atoms with van der Waals surface area (Å²) in [4.78, 5) is 28.2. The summed E-state index contributed by atoms with van der Waals surface area (Å²) < 4.78 is 2.73. The quantitative estimate of drug-likeness (QED) is 0.862. The van der Waals surface area contributed by atoms with Gasteiger partial charge in [0.15, 0.2) is 0 Å². The first-order chi connectivity index (χ1) is 10.4. The molecule has 1 N–H and O–H groups in total. The standard InChI is InChI=1S/C15H23BrN4O2/c1-11(2)17-14(21)10-19-4-6-20(7-5-19)15(22)13-8-12(16)9-18(13)3/h8-9,11H,4-7,10H2,1-3H3,(H,17,21). The minimum atomic E-state index is 0.0412. The number of aromatic nitrogens is 1. The van der Waals surface area contributed by atoms with Crippen LogP contribution in [0.1, 0.15) is 24.3 Å². The Morgan fingerprint density at radius 2 is 1.91 bits per heavy atom. The predicted octanol–water partition coefficient (Wildman–Crippen LogP) is 1.07. The van der Waals surface area contributed by atoms with Gasteiger partial charge in [-0.15, -0.1) is 0 Å². The van der Waals surface area contributed by atoms with Crippen molar-refractivity contribution in [3.63, 3.8) is 0 Å². The zero-order chi connectivity index (χ0) is 16.3. The van der Waals surface area contributed by atoms with Crippen LogP contribution in [0.15, 0.2) is 16.7 Å². The van der Waals surface area contributed by atoms with Crippen LogP contribution < -0.4 is 5.32 Å². The zero-order valence-corrected chi connectivity index (χ0v) is 14.9. The smallest absolute Gasteiger partial charge is 0.270 e. The van der Waals surface area contributed by atoms with Crippen LogP contribution >= 0.6 is 15.9 Å². The molecule has 2 rings (SSSR count). The zero-order valence-electron chi connectivity index (χ0n) is 13.3. The Morgan fingerprint density at radius 3 is 2.41 bits per heavy atom. The molecule has 1 saturated heterocycles. The van der Waals surface area contributed by atoms with Crippen molar-refractivity contribution >= 4 is 27.7 Å². The summed E-state index contributed by atoms with van der Waals surface area (Å²) in [5.41, 5.74) is 0.679. The van der Waals surface area contributed by atoms with Gasteiger partial charge in [-0.05, 0) is 35.8 Å². The highest BCUT2D eigenvalue weighted by atomic mass is 79.9. The van der Waals surface area contributed by atoms with Crippen LogP contribution in [0.5, 0.6) is 0 Å². The summed E-state index contributed by atoms with van der Waals surface area (Å²) in [6, 6.07) is 2.00. The van der Waals surface area contributed by atoms with E-state index in [0.717, 1.165) is 17.6 Å². The molecule has 0 spiro atoms. The van der Waals surface area contributed by atoms with Gasteiger partial charge in [0.05, 0.1) is 6.54 Å². The molecule has 22 heavy (non-hydrogen) atoms. The van der Waals surface area contributed by atoms with Crippen molar-refractivity contribution < 1.29 is 9.59 Å². The molecule has 0 radical (unpaired) electrons. The van der Waals surface area contributed by atoms with Gasteiger partial charge in [0, 0.05) is 49.9 Å². The Bertz CT molecular complexity index is 548. The Hall–Kier alpha value is -1.34. The number of nitrogens with zero attached hydrogens (tertiary/aromatic N) is 3. The summed E-state index contributed by atoms with van der Waals surface area (Å²) >= 11 is 3.39. The molecular formula is C15H23BrN4O2. The highest BCUT2D eigenvalue weighted by molar-refractivity contribution is 9.10. The van der Waals surface area contributed by atoms with Crippen molar-refractivity contribution in [2.45, 2.75) is 19.9 Å². The number of rotatable bonds is 4. The minimum absolute atomic E-state index is 0.0412. The third-order valence-electron chi connectivity index (χ3n) is 3.67. The molecule has 0 unspecified atom stereocenters. The highest BCUT2D eigenvalue weighted by Gasteiger charge is 2.24. The maximum atomic E-state index is 12.5. The predicted molar refractivity (Wildman–Crippen MR) is 88.7 cm³/mol. The molecule has 7 heteroatoms. The molecule has 6 nitrogen and oxygen atoms in total. The van der Waals surface area contributed by atoms with E-state index in [-0.39, 0.29) is 17.9 Å². The number of carbonyl (C=O) groups is 2. The second-order valence-electron chi connectivity index (χ2n) is 5.95. The number of aryl methyl sites for hydroxylation is 1. The van der Waals surface area contributed by atoms with Gasteiger partial charge in [-0.2, -0.15) is 0 Å². The van der Waals surface area contributed by atoms with Crippen molar-refractivity contribution in [1.29, 1.82) is 0 Å². The van der Waals surface area contributed by atoms with Crippen LogP contribution in [0.4, 0.5) is 0 Å². The average Bonchev–Trinajstić information content (AvgIpc) is 2.77. The molecule has 0 aliphatic carbocycles. The first-order valence-electron chi connectivity index (χ1n) is 7.49. The maximum Gasteiger partial charge on any atom is 0.270 e. The highest BCUT2D eigenvalue weighted by Crippen LogP contribution is 2.16. The summed E-state index contributed by atoms with van der Waals surface area (Å²) in [6.07, 6.45) is 1.87. The summed E-state index contributed by atoms with van der Waals surface area (Å²) in [6.45, 7) is 7.05. The molecule has 0 aromatic carbocycles. The van der Waals surface area contributed by atoms with E-state index < -0.39 is 0 Å². The fourth-order valence-electron chi connectivity index (χ4n) is 2.58. The van der Waals surface area contributed by atoms with Gasteiger partial charge in [-0.25, -0.2) is 0 Å². The lowest BCUT2D eigenvalue weighted by molar-refractivity contribution is -0.123. The van der Waals surface area contributed by atoms with Crippen molar-refractivity contribution in [2.24, 2.45) is 7.05 Å². The topological polar surface area (TPSA) is 57.6 Å². The third-order valence-corrected chi connectivity index (χ3v) is 4.10. The largest absolute Gasteiger partial charge is 0.353 e. The Morgan fingerprint density at radius 1 is 1.27 bits per heavy atom. The molecule has 0 atom stereocenters. The average molecular weight is 371 g/mol. The minimum Gasteiger partial charge on any atom is -0.353 e. The molecule has 1 aliphatic heterocycles. The first-order valence-corrected chi connectivity index (χ1v) is 8.29. The van der Waals surface area contributed by atoms with Gasteiger partial charge in [-0.3, -0.25) is 14.5 Å². The number of piperazine rings is 1. The van der Waals surface area contributed by atoms with Crippen LogP contribution in [0, 0.1) is 0 Å². The van der Waals surface area contributed by atoms with Gasteiger partial charge in [0.1, 0.15) is 5.69 Å². The lowest BCUT2D eigenvalue weighted by Gasteiger charge is -2.34. The van der Waals surface area contributed by atoms with Crippen LogP contribution in [-0.2, 0) is 11.8 Å². The maximum absolute atomic E-state index is 12.5. The van der Waals surface area contributed by atoms with Gasteiger partial charge in [0.2, 0.25) is 5.91 Å². The second kappa shape index (κ2) is 7.28. The molecular weight excluding hydrogens is 348 g/mol. The van der Waals surface area contributed by atoms with Gasteiger partial charge >= 0.3 is 0 Å². The van der Waals surface area contributed by atoms with Crippen LogP contribution in [-0.4, -0.2) is 64.9 Å². The SMILES string of the molecule is CC(C)NC(=O)CN1CCN(C(=O)c2cc(Br)cn2C)CC1. The number of nitrogens with one attached hydrogen (secondary N) is 1. The lowest BCUT2D eigenvalue weighted by atomic mass is 10.2. The number of halogens is 1. The molecule has 0 bridgehead atoms. The molecule has 2 amide bonds. The molecule has 0 saturated carbocycles. The van der Waals surface area contributed by atoms with Crippen molar-refractivity contribution in [1.82, 2.24) is 19.7 Å². The number of hydrogen-bond acceptors (Lipinski definition) is 3. The fourth-order valence-corrected chi connectivity index (χ4v) is 3.10. The molecule has 1 aliphatic rings. The van der Waals surface area contributed by atoms with E-state index in [1.54, 1.807) is 0 Å². The Labute approximate surface area is 139 Å². The number of hydrogen-bond donors (Lipinski definition) is 1. The van der Waals surface area contributed by atoms with Crippen molar-refractivity contribution in [2.75, 3.05) is 32.7 Å². The molecule has 1 aromatic rings. The van der Waals surface area contributed by atoms with E-state index in [0.29, 0.717) is 25.3 Å². The molecule has 1 aromatic heterocycles. The molecule has 122 valence electrons. The molecule has 2 heterocycles. The van der Waals surface area contributed by atoms with E-state index in [2.05, 4.69) is 26.1 Å². The van der Waals surface area contributed by atoms with Crippen molar-refractivity contribution in [3.05, 3.63) is 22.4 Å². The van der Waals surface area contributed by atoms with E-state index in [4.69, 9.17) is 0 Å². The summed E-state index contributed by atoms with van der Waals surface area (Å²) in [7, 11) is 1.87. The summed E-state index contributed by atoms with van der Waals surface area (Å²) in [5.74, 6) is 0.0839. The van der Waals surface area contributed by atoms with E-state index in [9.17, 15) is 9.59 Å². The van der Waals surface area contributed by atoms with Crippen LogP contribution in [0.25, 0.3) is 0 Å². The molecule has 1 fully saturated rings. The van der Waals surface area contributed by atoms with E-state index >= 15 is 0 Å². The third kappa shape index (κ3) is 4.33. The van der Waals surface area contributed by atoms with Crippen LogP contribution in [0.2, 0.25) is 0 Å². The fraction of sp³-hybridized carbons (Fsp3) is 0.600. The van der Waals surface area contributed by atoms with Crippen LogP contribution in [0.3, 0.4) is 0 Å². The Balaban J connectivity index is 1.85. The van der Waals surface area contributed by atoms with Crippen molar-refractivity contribution in [3.8, 4) is 0 Å². The number of amides is 2. The van der Waals surface area contributed by atoms with E-state index in [1.807, 2.05) is 42.6 Å². The normalized spacial score (nSPS) is 16.1. The van der Waals surface area contributed by atoms with E-state index in [1.165, 1.54) is 0 Å². The van der Waals surface area contributed by atoms with Gasteiger partial charge in [0.25, 0.3) is 5.91 Å². The first kappa shape index (κ1) is 17.0. The monoisotopic (exact) mass is 370 g/mol. The second-order valence-corrected chi connectivity index (χ2v) is 6.86. The lowest BCUT2D eigenvalue weighted by Crippen LogP contribution is -2.51. The Kier molecular flexibility index (Phi) is 5.63. The summed E-state index contributed by atoms with van der Waals surface area (Å²) in [5, 5.41) is 2.89.